The molecule has 4 heterocycles. The number of fused-ring (bicyclic) bond motifs is 11. The molecule has 0 radical (unpaired) electrons. The highest BCUT2D eigenvalue weighted by atomic mass is 32.1. The van der Waals surface area contributed by atoms with Crippen LogP contribution in [0.4, 0.5) is 9.59 Å². The fourth-order valence-corrected chi connectivity index (χ4v) is 17.1. The van der Waals surface area contributed by atoms with Crippen molar-refractivity contribution in [3.8, 4) is 21.9 Å². The van der Waals surface area contributed by atoms with Gasteiger partial charge in [-0.2, -0.15) is 20.3 Å². The summed E-state index contributed by atoms with van der Waals surface area (Å²) >= 11 is 3.65. The van der Waals surface area contributed by atoms with E-state index in [2.05, 4.69) is 12.2 Å². The standard InChI is InChI=1S/C62H54N4O8S2/c1-36-42(54(67)65(56(69)44(36)32-63)58(71)73-34-38-18-8-3-9-19-38)28-40-30-46-48(60(40)22-12-5-13-23-60)50-52(75-46)53-51(62(50)26-16-7-17-27-62)49-47(76-53)31-41(61(49)24-14-6-15-25-61)29-43-37(2)45(33-64)57(70)66(55(43)68)59(72)74-35-39-20-10-4-11-21-39/h3-4,8-11,18-21,28-31H,5-7,12-17,22-27,34-35H2,1-2H3/b42-28+,43-29+. The van der Waals surface area contributed by atoms with E-state index in [1.54, 1.807) is 62.4 Å². The molecule has 3 fully saturated rings. The quantitative estimate of drug-likeness (QED) is 0.133. The lowest BCUT2D eigenvalue weighted by atomic mass is 9.58. The maximum Gasteiger partial charge on any atom is 0.424 e. The van der Waals surface area contributed by atoms with Crippen LogP contribution in [0.1, 0.15) is 153 Å². The second-order valence-corrected chi connectivity index (χ2v) is 23.6. The SMILES string of the molecule is CC1=C(C#N)C(=O)N(C(=O)OCc2ccccc2)C(=O)/C1=C/C1=Cc2sc3c(c2C12CCCCC2)C1(CCCCC1)c1c-3sc2c1C1(CCCCC1)C(/C=C1/C(=O)N(C(=O)OCc3ccccc3)C(=O)C(C#N)=C1C)=C2. The lowest BCUT2D eigenvalue weighted by molar-refractivity contribution is -0.140. The predicted molar refractivity (Wildman–Crippen MR) is 287 cm³/mol. The molecular formula is C62H54N4O8S2. The molecule has 12 nitrogen and oxygen atoms in total. The third kappa shape index (κ3) is 7.38. The van der Waals surface area contributed by atoms with Crippen molar-refractivity contribution >= 4 is 70.6 Å². The van der Waals surface area contributed by atoms with Gasteiger partial charge in [0.25, 0.3) is 23.6 Å². The molecule has 0 bridgehead atoms. The molecule has 382 valence electrons. The Bertz CT molecular complexity index is 3310. The number of imide groups is 6. The number of benzene rings is 2. The Hall–Kier alpha value is -7.52. The smallest absolute Gasteiger partial charge is 0.424 e. The van der Waals surface area contributed by atoms with Crippen molar-refractivity contribution in [2.75, 3.05) is 0 Å². The number of hydrogen-bond donors (Lipinski definition) is 0. The highest BCUT2D eigenvalue weighted by molar-refractivity contribution is 7.23. The molecule has 3 saturated carbocycles. The molecule has 76 heavy (non-hydrogen) atoms. The number of nitrogens with zero attached hydrogens (tertiary/aromatic N) is 4. The fourth-order valence-electron chi connectivity index (χ4n) is 14.0. The normalized spacial score (nSPS) is 21.9. The van der Waals surface area contributed by atoms with Crippen LogP contribution in [-0.4, -0.2) is 45.6 Å². The van der Waals surface area contributed by atoms with Gasteiger partial charge >= 0.3 is 12.2 Å². The van der Waals surface area contributed by atoms with Gasteiger partial charge in [-0.1, -0.05) is 118 Å². The van der Waals surface area contributed by atoms with Gasteiger partial charge in [-0.3, -0.25) is 19.2 Å². The van der Waals surface area contributed by atoms with E-state index in [4.69, 9.17) is 9.47 Å². The number of nitriles is 2. The Labute approximate surface area is 449 Å². The largest absolute Gasteiger partial charge is 0.444 e. The van der Waals surface area contributed by atoms with E-state index in [1.807, 2.05) is 59.1 Å². The molecule has 0 unspecified atom stereocenters. The third-order valence-electron chi connectivity index (χ3n) is 17.6. The summed E-state index contributed by atoms with van der Waals surface area (Å²) in [5.74, 6) is -3.60. The summed E-state index contributed by atoms with van der Waals surface area (Å²) in [6.07, 6.45) is 20.6. The number of rotatable bonds is 6. The molecule has 0 N–H and O–H groups in total. The molecule has 3 spiro atoms. The first kappa shape index (κ1) is 49.4. The number of thiophene rings is 2. The van der Waals surface area contributed by atoms with Gasteiger partial charge in [0.2, 0.25) is 0 Å². The molecule has 8 aliphatic rings. The van der Waals surface area contributed by atoms with Gasteiger partial charge in [-0.15, -0.1) is 22.7 Å². The zero-order chi connectivity index (χ0) is 52.7. The summed E-state index contributed by atoms with van der Waals surface area (Å²) in [6, 6.07) is 22.0. The van der Waals surface area contributed by atoms with E-state index < -0.39 is 46.6 Å². The van der Waals surface area contributed by atoms with E-state index >= 15 is 0 Å². The third-order valence-corrected chi connectivity index (χ3v) is 20.1. The maximum absolute atomic E-state index is 14.6. The van der Waals surface area contributed by atoms with Crippen molar-refractivity contribution in [3.63, 3.8) is 0 Å². The minimum atomic E-state index is -1.13. The first-order chi connectivity index (χ1) is 36.9. The Morgan fingerprint density at radius 1 is 0.526 bits per heavy atom. The molecule has 2 aromatic heterocycles. The lowest BCUT2D eigenvalue weighted by Crippen LogP contribution is -2.47. The van der Waals surface area contributed by atoms with Crippen LogP contribution in [0.3, 0.4) is 0 Å². The summed E-state index contributed by atoms with van der Waals surface area (Å²) in [5.41, 5.74) is 7.78. The average Bonchev–Trinajstić information content (AvgIpc) is 4.37. The second-order valence-electron chi connectivity index (χ2n) is 21.5. The molecule has 6 aliphatic carbocycles. The molecule has 2 aliphatic heterocycles. The number of carbonyl (C=O) groups is 6. The summed E-state index contributed by atoms with van der Waals surface area (Å²) in [6.45, 7) is 2.92. The fraction of sp³-hybridized carbons (Fsp3) is 0.355. The number of carbonyl (C=O) groups excluding carboxylic acids is 6. The molecule has 6 amide bonds. The van der Waals surface area contributed by atoms with Gasteiger partial charge in [-0.05, 0) is 132 Å². The zero-order valence-electron chi connectivity index (χ0n) is 42.5. The van der Waals surface area contributed by atoms with Gasteiger partial charge in [0, 0.05) is 46.9 Å². The van der Waals surface area contributed by atoms with Crippen LogP contribution in [0.25, 0.3) is 21.9 Å². The zero-order valence-corrected chi connectivity index (χ0v) is 44.1. The molecule has 2 aromatic carbocycles. The van der Waals surface area contributed by atoms with Crippen molar-refractivity contribution in [1.29, 1.82) is 10.5 Å². The number of ether oxygens (including phenoxy) is 2. The van der Waals surface area contributed by atoms with Crippen LogP contribution in [0, 0.1) is 22.7 Å². The summed E-state index contributed by atoms with van der Waals surface area (Å²) < 4.78 is 11.0. The van der Waals surface area contributed by atoms with Crippen LogP contribution in [0.15, 0.2) is 117 Å². The van der Waals surface area contributed by atoms with E-state index in [1.165, 1.54) is 41.8 Å². The first-order valence-electron chi connectivity index (χ1n) is 26.5. The first-order valence-corrected chi connectivity index (χ1v) is 28.2. The molecule has 4 aromatic rings. The van der Waals surface area contributed by atoms with Crippen LogP contribution in [-0.2, 0) is 58.1 Å². The minimum absolute atomic E-state index is 0.132. The Morgan fingerprint density at radius 3 is 1.24 bits per heavy atom. The van der Waals surface area contributed by atoms with Gasteiger partial charge < -0.3 is 9.47 Å². The predicted octanol–water partition coefficient (Wildman–Crippen LogP) is 13.2. The Morgan fingerprint density at radius 2 is 0.882 bits per heavy atom. The van der Waals surface area contributed by atoms with Crippen LogP contribution < -0.4 is 0 Å². The molecule has 12 rings (SSSR count). The number of amides is 6. The van der Waals surface area contributed by atoms with Crippen LogP contribution in [0.2, 0.25) is 0 Å². The topological polar surface area (TPSA) is 175 Å². The van der Waals surface area contributed by atoms with Gasteiger partial charge in [0.15, 0.2) is 0 Å². The minimum Gasteiger partial charge on any atom is -0.444 e. The van der Waals surface area contributed by atoms with E-state index in [-0.39, 0.29) is 52.1 Å². The van der Waals surface area contributed by atoms with Gasteiger partial charge in [0.05, 0.1) is 0 Å². The molecular weight excluding hydrogens is 993 g/mol. The summed E-state index contributed by atoms with van der Waals surface area (Å²) in [4.78, 5) is 89.8. The van der Waals surface area contributed by atoms with Crippen molar-refractivity contribution in [2.24, 2.45) is 0 Å². The van der Waals surface area contributed by atoms with Crippen molar-refractivity contribution in [1.82, 2.24) is 9.80 Å². The van der Waals surface area contributed by atoms with Gasteiger partial charge in [0.1, 0.15) is 36.5 Å². The number of hydrogen-bond acceptors (Lipinski definition) is 12. The van der Waals surface area contributed by atoms with Gasteiger partial charge in [-0.25, -0.2) is 9.59 Å². The average molecular weight is 1050 g/mol. The van der Waals surface area contributed by atoms with E-state index in [9.17, 15) is 39.3 Å². The monoisotopic (exact) mass is 1050 g/mol. The van der Waals surface area contributed by atoms with Crippen molar-refractivity contribution < 1.29 is 38.2 Å². The summed E-state index contributed by atoms with van der Waals surface area (Å²) in [5, 5.41) is 20.7. The van der Waals surface area contributed by atoms with Crippen molar-refractivity contribution in [3.05, 3.63) is 161 Å². The Balaban J connectivity index is 0.951. The highest BCUT2D eigenvalue weighted by Crippen LogP contribution is 2.71. The van der Waals surface area contributed by atoms with E-state index in [0.29, 0.717) is 20.9 Å². The van der Waals surface area contributed by atoms with Crippen LogP contribution in [0.5, 0.6) is 0 Å². The lowest BCUT2D eigenvalue weighted by Gasteiger charge is -2.44. The molecule has 14 heteroatoms. The van der Waals surface area contributed by atoms with E-state index in [0.717, 1.165) is 107 Å². The summed E-state index contributed by atoms with van der Waals surface area (Å²) in [7, 11) is 0. The Kier molecular flexibility index (Phi) is 12.3. The number of allylic oxidation sites excluding steroid dienone is 4. The van der Waals surface area contributed by atoms with Crippen LogP contribution >= 0.6 is 22.7 Å². The molecule has 0 saturated heterocycles. The maximum atomic E-state index is 14.6. The highest BCUT2D eigenvalue weighted by Gasteiger charge is 2.59. The van der Waals surface area contributed by atoms with Crippen molar-refractivity contribution in [2.45, 2.75) is 140 Å². The second kappa shape index (κ2) is 18.9. The molecule has 0 atom stereocenters.